The van der Waals surface area contributed by atoms with E-state index in [0.29, 0.717) is 34.7 Å². The van der Waals surface area contributed by atoms with Crippen LogP contribution < -0.4 is 0 Å². The molecule has 4 aliphatic heterocycles. The fourth-order valence-corrected chi connectivity index (χ4v) is 7.86. The number of rotatable bonds is 6. The van der Waals surface area contributed by atoms with E-state index in [4.69, 9.17) is 9.84 Å². The first kappa shape index (κ1) is 29.8. The Hall–Kier alpha value is -3.92. The Balaban J connectivity index is 1.17. The molecule has 3 aromatic rings. The first-order valence-electron chi connectivity index (χ1n) is 15.8. The van der Waals surface area contributed by atoms with Crippen molar-refractivity contribution in [2.75, 3.05) is 37.8 Å². The van der Waals surface area contributed by atoms with Crippen molar-refractivity contribution in [2.24, 2.45) is 0 Å². The molecule has 1 amide bonds. The normalized spacial score (nSPS) is 22.2. The Morgan fingerprint density at radius 3 is 2.29 bits per heavy atom. The fourth-order valence-electron chi connectivity index (χ4n) is 6.92. The first-order chi connectivity index (χ1) is 21.7. The van der Waals surface area contributed by atoms with Crippen LogP contribution in [0.4, 0.5) is 0 Å². The second-order valence-electron chi connectivity index (χ2n) is 13.1. The summed E-state index contributed by atoms with van der Waals surface area (Å²) >= 11 is 1.75. The van der Waals surface area contributed by atoms with Crippen molar-refractivity contribution in [1.82, 2.24) is 19.7 Å². The molecule has 0 saturated carbocycles. The van der Waals surface area contributed by atoms with Gasteiger partial charge in [-0.1, -0.05) is 60.7 Å². The van der Waals surface area contributed by atoms with Crippen LogP contribution in [0.1, 0.15) is 39.7 Å². The lowest BCUT2D eigenvalue weighted by molar-refractivity contribution is -0.949. The number of allylic oxidation sites excluding steroid dienone is 2. The van der Waals surface area contributed by atoms with Gasteiger partial charge in [0.1, 0.15) is 23.9 Å². The molecule has 0 spiro atoms. The smallest absolute Gasteiger partial charge is 0.345 e. The van der Waals surface area contributed by atoms with Gasteiger partial charge >= 0.3 is 5.97 Å². The van der Waals surface area contributed by atoms with E-state index in [0.717, 1.165) is 59.9 Å². The van der Waals surface area contributed by atoms with Gasteiger partial charge in [0, 0.05) is 23.9 Å². The number of hydrogen-bond donors (Lipinski definition) is 0. The third-order valence-electron chi connectivity index (χ3n) is 9.03. The SMILES string of the molecule is CC(C)(C)OC(=O)C1=C(C(=O)N2CCSC2)C[N@+]2(N3CCC(n4nc(-c5ccccc5)cc4-c4ccccc4)CC3)C=CC=C12. The van der Waals surface area contributed by atoms with Crippen molar-refractivity contribution in [3.05, 3.63) is 102 Å². The van der Waals surface area contributed by atoms with E-state index >= 15 is 0 Å². The zero-order valence-electron chi connectivity index (χ0n) is 26.2. The number of hydrogen-bond acceptors (Lipinski definition) is 6. The van der Waals surface area contributed by atoms with Gasteiger partial charge in [-0.2, -0.15) is 9.69 Å². The van der Waals surface area contributed by atoms with E-state index in [9.17, 15) is 9.59 Å². The maximum Gasteiger partial charge on any atom is 0.345 e. The van der Waals surface area contributed by atoms with E-state index in [1.807, 2.05) is 50.0 Å². The Labute approximate surface area is 269 Å². The van der Waals surface area contributed by atoms with Gasteiger partial charge in [0.2, 0.25) is 0 Å². The molecule has 232 valence electrons. The zero-order valence-corrected chi connectivity index (χ0v) is 27.0. The highest BCUT2D eigenvalue weighted by molar-refractivity contribution is 7.99. The molecule has 0 bridgehead atoms. The van der Waals surface area contributed by atoms with Gasteiger partial charge in [-0.25, -0.2) is 4.79 Å². The Bertz CT molecular complexity index is 1690. The second kappa shape index (κ2) is 11.8. The number of ether oxygens (including phenoxy) is 1. The average molecular weight is 623 g/mol. The molecular formula is C36H40N5O3S+. The Morgan fingerprint density at radius 1 is 0.956 bits per heavy atom. The monoisotopic (exact) mass is 622 g/mol. The molecule has 0 unspecified atom stereocenters. The highest BCUT2D eigenvalue weighted by Crippen LogP contribution is 2.45. The molecule has 2 fully saturated rings. The quantitative estimate of drug-likeness (QED) is 0.242. The minimum absolute atomic E-state index is 0.0468. The van der Waals surface area contributed by atoms with Crippen molar-refractivity contribution in [2.45, 2.75) is 45.3 Å². The van der Waals surface area contributed by atoms with E-state index in [1.54, 1.807) is 11.8 Å². The number of carbonyl (C=O) groups is 2. The van der Waals surface area contributed by atoms with Crippen molar-refractivity contribution >= 4 is 23.6 Å². The lowest BCUT2D eigenvalue weighted by atomic mass is 10.0. The topological polar surface area (TPSA) is 67.7 Å². The highest BCUT2D eigenvalue weighted by Gasteiger charge is 2.55. The van der Waals surface area contributed by atoms with Crippen LogP contribution in [0.25, 0.3) is 22.5 Å². The Morgan fingerprint density at radius 2 is 1.64 bits per heavy atom. The van der Waals surface area contributed by atoms with Crippen LogP contribution >= 0.6 is 11.8 Å². The number of quaternary nitrogens is 1. The summed E-state index contributed by atoms with van der Waals surface area (Å²) in [6, 6.07) is 23.2. The van der Waals surface area contributed by atoms with E-state index in [1.165, 1.54) is 0 Å². The molecule has 1 aromatic heterocycles. The predicted octanol–water partition coefficient (Wildman–Crippen LogP) is 6.18. The summed E-state index contributed by atoms with van der Waals surface area (Å²) in [5, 5.41) is 7.58. The van der Waals surface area contributed by atoms with Crippen LogP contribution in [0, 0.1) is 0 Å². The number of carbonyl (C=O) groups excluding carboxylic acids is 2. The van der Waals surface area contributed by atoms with Gasteiger partial charge in [0.25, 0.3) is 5.91 Å². The van der Waals surface area contributed by atoms with Crippen molar-refractivity contribution in [3.8, 4) is 22.5 Å². The second-order valence-corrected chi connectivity index (χ2v) is 14.2. The van der Waals surface area contributed by atoms with Crippen molar-refractivity contribution in [1.29, 1.82) is 0 Å². The minimum atomic E-state index is -0.663. The first-order valence-corrected chi connectivity index (χ1v) is 17.0. The fraction of sp³-hybridized carbons (Fsp3) is 0.361. The number of esters is 1. The number of aromatic nitrogens is 2. The maximum atomic E-state index is 13.9. The van der Waals surface area contributed by atoms with Gasteiger partial charge in [-0.05, 0) is 51.3 Å². The van der Waals surface area contributed by atoms with Crippen LogP contribution in [0.3, 0.4) is 0 Å². The van der Waals surface area contributed by atoms with E-state index < -0.39 is 11.6 Å². The van der Waals surface area contributed by atoms with Crippen LogP contribution in [-0.4, -0.2) is 79.6 Å². The number of amides is 1. The number of fused-ring (bicyclic) bond motifs is 1. The molecule has 2 saturated heterocycles. The average Bonchev–Trinajstić information content (AvgIpc) is 3.84. The number of piperidine rings is 1. The minimum Gasteiger partial charge on any atom is -0.456 e. The number of nitrogens with zero attached hydrogens (tertiary/aromatic N) is 5. The predicted molar refractivity (Wildman–Crippen MR) is 177 cm³/mol. The summed E-state index contributed by atoms with van der Waals surface area (Å²) in [5.41, 5.74) is 5.52. The van der Waals surface area contributed by atoms with Gasteiger partial charge < -0.3 is 9.64 Å². The summed E-state index contributed by atoms with van der Waals surface area (Å²) < 4.78 is 8.48. The largest absolute Gasteiger partial charge is 0.456 e. The third-order valence-corrected chi connectivity index (χ3v) is 9.99. The molecule has 9 heteroatoms. The molecular weight excluding hydrogens is 582 g/mol. The number of benzene rings is 2. The molecule has 7 rings (SSSR count). The van der Waals surface area contributed by atoms with Crippen LogP contribution in [0.2, 0.25) is 0 Å². The molecule has 0 radical (unpaired) electrons. The van der Waals surface area contributed by atoms with Crippen LogP contribution in [0.15, 0.2) is 102 Å². The van der Waals surface area contributed by atoms with Crippen LogP contribution in [-0.2, 0) is 14.3 Å². The number of thioether (sulfide) groups is 1. The lowest BCUT2D eigenvalue weighted by Crippen LogP contribution is -2.56. The lowest BCUT2D eigenvalue weighted by Gasteiger charge is -2.43. The molecule has 4 aliphatic rings. The molecule has 8 nitrogen and oxygen atoms in total. The molecule has 2 aromatic carbocycles. The van der Waals surface area contributed by atoms with Crippen molar-refractivity contribution < 1.29 is 18.9 Å². The van der Waals surface area contributed by atoms with Gasteiger partial charge in [0.05, 0.1) is 42.0 Å². The van der Waals surface area contributed by atoms with Crippen LogP contribution in [0.5, 0.6) is 0 Å². The Kier molecular flexibility index (Phi) is 7.79. The summed E-state index contributed by atoms with van der Waals surface area (Å²) in [6.07, 6.45) is 7.94. The summed E-state index contributed by atoms with van der Waals surface area (Å²) in [4.78, 5) is 29.5. The molecule has 5 heterocycles. The van der Waals surface area contributed by atoms with Gasteiger partial charge in [0.15, 0.2) is 5.70 Å². The van der Waals surface area contributed by atoms with Gasteiger partial charge in [-0.15, -0.1) is 16.8 Å². The van der Waals surface area contributed by atoms with Crippen molar-refractivity contribution in [3.63, 3.8) is 0 Å². The summed E-state index contributed by atoms with van der Waals surface area (Å²) in [5.74, 6) is 1.11. The standard InChI is InChI=1S/C36H40N5O3S/c1-36(2,3)44-35(43)33-29(34(42)38-20-22-45-25-38)24-41(21-10-15-32(33)41)39-18-16-28(17-19-39)40-31(27-13-8-5-9-14-27)23-30(37-40)26-11-6-4-7-12-26/h4-15,21,23,28H,16-20,22,24-25H2,1-3H3/q+1/t41-/m1/s1. The molecule has 0 N–H and O–H groups in total. The van der Waals surface area contributed by atoms with Gasteiger partial charge in [-0.3, -0.25) is 9.48 Å². The summed E-state index contributed by atoms with van der Waals surface area (Å²) in [7, 11) is 0. The molecule has 1 atom stereocenters. The van der Waals surface area contributed by atoms with E-state index in [-0.39, 0.29) is 11.9 Å². The zero-order chi connectivity index (χ0) is 31.2. The third kappa shape index (κ3) is 5.58. The molecule has 45 heavy (non-hydrogen) atoms. The summed E-state index contributed by atoms with van der Waals surface area (Å²) in [6.45, 7) is 8.33. The van der Waals surface area contributed by atoms with E-state index in [2.05, 4.69) is 70.5 Å². The maximum absolute atomic E-state index is 13.9. The highest BCUT2D eigenvalue weighted by atomic mass is 32.2. The molecule has 0 aliphatic carbocycles.